The Morgan fingerprint density at radius 3 is 2.52 bits per heavy atom. The molecule has 2 aromatic rings. The standard InChI is InChI=1S/C15H17BrN2O2S/c1-5-20-14(19)13-10(4)21-15(18-13)17-11-6-8(2)12(16)9(3)7-11/h6-7H,5H2,1-4H3,(H,17,18). The van der Waals surface area contributed by atoms with Crippen molar-refractivity contribution in [2.75, 3.05) is 11.9 Å². The summed E-state index contributed by atoms with van der Waals surface area (Å²) < 4.78 is 6.10. The van der Waals surface area contributed by atoms with E-state index >= 15 is 0 Å². The number of halogens is 1. The van der Waals surface area contributed by atoms with Crippen LogP contribution in [-0.2, 0) is 4.74 Å². The molecule has 1 aromatic heterocycles. The van der Waals surface area contributed by atoms with Gasteiger partial charge >= 0.3 is 5.97 Å². The fourth-order valence-corrected chi connectivity index (χ4v) is 3.03. The summed E-state index contributed by atoms with van der Waals surface area (Å²) in [6.07, 6.45) is 0. The monoisotopic (exact) mass is 368 g/mol. The second-order valence-corrected chi connectivity index (χ2v) is 6.69. The number of thiazole rings is 1. The zero-order valence-corrected chi connectivity index (χ0v) is 14.8. The maximum Gasteiger partial charge on any atom is 0.358 e. The van der Waals surface area contributed by atoms with E-state index in [2.05, 4.69) is 26.2 Å². The second kappa shape index (κ2) is 6.58. The van der Waals surface area contributed by atoms with Gasteiger partial charge in [-0.15, -0.1) is 11.3 Å². The van der Waals surface area contributed by atoms with Gasteiger partial charge in [-0.25, -0.2) is 9.78 Å². The van der Waals surface area contributed by atoms with Crippen LogP contribution in [0.1, 0.15) is 33.4 Å². The molecule has 0 atom stereocenters. The van der Waals surface area contributed by atoms with Crippen LogP contribution in [-0.4, -0.2) is 17.6 Å². The van der Waals surface area contributed by atoms with Gasteiger partial charge in [0, 0.05) is 15.0 Å². The predicted octanol–water partition coefficient (Wildman–Crippen LogP) is 4.75. The lowest BCUT2D eigenvalue weighted by Gasteiger charge is -2.08. The van der Waals surface area contributed by atoms with Crippen molar-refractivity contribution >= 4 is 44.1 Å². The molecule has 4 nitrogen and oxygen atoms in total. The molecular formula is C15H17BrN2O2S. The molecular weight excluding hydrogens is 352 g/mol. The molecule has 2 rings (SSSR count). The number of ether oxygens (including phenoxy) is 1. The first-order valence-electron chi connectivity index (χ1n) is 6.60. The lowest BCUT2D eigenvalue weighted by molar-refractivity contribution is 0.0519. The van der Waals surface area contributed by atoms with Crippen LogP contribution >= 0.6 is 27.3 Å². The number of anilines is 2. The molecule has 0 amide bonds. The van der Waals surface area contributed by atoms with Gasteiger partial charge in [-0.2, -0.15) is 0 Å². The van der Waals surface area contributed by atoms with Crippen molar-refractivity contribution in [3.05, 3.63) is 38.3 Å². The van der Waals surface area contributed by atoms with Gasteiger partial charge in [0.2, 0.25) is 0 Å². The second-order valence-electron chi connectivity index (χ2n) is 4.69. The van der Waals surface area contributed by atoms with Crippen LogP contribution < -0.4 is 5.32 Å². The van der Waals surface area contributed by atoms with Crippen LogP contribution in [0.3, 0.4) is 0 Å². The number of carbonyl (C=O) groups is 1. The third-order valence-electron chi connectivity index (χ3n) is 2.95. The number of rotatable bonds is 4. The van der Waals surface area contributed by atoms with Crippen molar-refractivity contribution in [1.29, 1.82) is 0 Å². The molecule has 0 radical (unpaired) electrons. The topological polar surface area (TPSA) is 51.2 Å². The molecule has 0 saturated heterocycles. The van der Waals surface area contributed by atoms with E-state index in [1.807, 2.05) is 32.9 Å². The van der Waals surface area contributed by atoms with E-state index < -0.39 is 0 Å². The normalized spacial score (nSPS) is 10.5. The Labute approximate surface area is 136 Å². The Balaban J connectivity index is 2.25. The largest absolute Gasteiger partial charge is 0.461 e. The van der Waals surface area contributed by atoms with Gasteiger partial charge in [-0.1, -0.05) is 15.9 Å². The molecule has 0 fully saturated rings. The molecule has 1 heterocycles. The molecule has 0 saturated carbocycles. The molecule has 0 bridgehead atoms. The van der Waals surface area contributed by atoms with Gasteiger partial charge in [0.15, 0.2) is 10.8 Å². The first kappa shape index (κ1) is 16.0. The number of aryl methyl sites for hydroxylation is 3. The van der Waals surface area contributed by atoms with Gasteiger partial charge in [-0.05, 0) is 51.0 Å². The number of nitrogens with zero attached hydrogens (tertiary/aromatic N) is 1. The minimum absolute atomic E-state index is 0.351. The van der Waals surface area contributed by atoms with Crippen LogP contribution in [0.5, 0.6) is 0 Å². The number of aromatic nitrogens is 1. The van der Waals surface area contributed by atoms with E-state index in [0.717, 1.165) is 26.2 Å². The molecule has 0 unspecified atom stereocenters. The average molecular weight is 369 g/mol. The fraction of sp³-hybridized carbons (Fsp3) is 0.333. The molecule has 0 aliphatic rings. The number of nitrogens with one attached hydrogen (secondary N) is 1. The summed E-state index contributed by atoms with van der Waals surface area (Å²) in [6, 6.07) is 4.08. The summed E-state index contributed by atoms with van der Waals surface area (Å²) >= 11 is 4.99. The number of benzene rings is 1. The highest BCUT2D eigenvalue weighted by Crippen LogP contribution is 2.29. The summed E-state index contributed by atoms with van der Waals surface area (Å²) in [5.41, 5.74) is 3.64. The zero-order chi connectivity index (χ0) is 15.6. The van der Waals surface area contributed by atoms with Gasteiger partial charge in [-0.3, -0.25) is 0 Å². The highest BCUT2D eigenvalue weighted by atomic mass is 79.9. The predicted molar refractivity (Wildman–Crippen MR) is 89.7 cm³/mol. The third kappa shape index (κ3) is 3.63. The maximum absolute atomic E-state index is 11.8. The Morgan fingerprint density at radius 1 is 1.33 bits per heavy atom. The van der Waals surface area contributed by atoms with Crippen molar-refractivity contribution < 1.29 is 9.53 Å². The zero-order valence-electron chi connectivity index (χ0n) is 12.4. The number of esters is 1. The molecule has 1 aromatic carbocycles. The van der Waals surface area contributed by atoms with E-state index in [1.54, 1.807) is 6.92 Å². The van der Waals surface area contributed by atoms with Gasteiger partial charge in [0.25, 0.3) is 0 Å². The minimum Gasteiger partial charge on any atom is -0.461 e. The third-order valence-corrected chi connectivity index (χ3v) is 5.09. The fourth-order valence-electron chi connectivity index (χ4n) is 1.98. The van der Waals surface area contributed by atoms with Crippen molar-refractivity contribution in [1.82, 2.24) is 4.98 Å². The summed E-state index contributed by atoms with van der Waals surface area (Å²) in [7, 11) is 0. The molecule has 0 aliphatic carbocycles. The average Bonchev–Trinajstić information content (AvgIpc) is 2.77. The van der Waals surface area contributed by atoms with Gasteiger partial charge < -0.3 is 10.1 Å². The van der Waals surface area contributed by atoms with Crippen LogP contribution in [0.15, 0.2) is 16.6 Å². The van der Waals surface area contributed by atoms with Crippen molar-refractivity contribution in [3.63, 3.8) is 0 Å². The lowest BCUT2D eigenvalue weighted by atomic mass is 10.1. The van der Waals surface area contributed by atoms with Crippen LogP contribution in [0.4, 0.5) is 10.8 Å². The SMILES string of the molecule is CCOC(=O)c1nc(Nc2cc(C)c(Br)c(C)c2)sc1C. The Hall–Kier alpha value is -1.40. The highest BCUT2D eigenvalue weighted by Gasteiger charge is 2.16. The maximum atomic E-state index is 11.8. The van der Waals surface area contributed by atoms with E-state index in [-0.39, 0.29) is 5.97 Å². The van der Waals surface area contributed by atoms with E-state index in [4.69, 9.17) is 4.74 Å². The Morgan fingerprint density at radius 2 is 1.95 bits per heavy atom. The smallest absolute Gasteiger partial charge is 0.358 e. The van der Waals surface area contributed by atoms with Gasteiger partial charge in [0.05, 0.1) is 6.61 Å². The Kier molecular flexibility index (Phi) is 5.00. The van der Waals surface area contributed by atoms with Crippen molar-refractivity contribution in [2.45, 2.75) is 27.7 Å². The molecule has 0 aliphatic heterocycles. The molecule has 112 valence electrons. The van der Waals surface area contributed by atoms with Gasteiger partial charge in [0.1, 0.15) is 0 Å². The number of hydrogen-bond acceptors (Lipinski definition) is 5. The summed E-state index contributed by atoms with van der Waals surface area (Å²) in [6.45, 7) is 8.09. The minimum atomic E-state index is -0.373. The van der Waals surface area contributed by atoms with E-state index in [9.17, 15) is 4.79 Å². The van der Waals surface area contributed by atoms with Crippen LogP contribution in [0.2, 0.25) is 0 Å². The van der Waals surface area contributed by atoms with E-state index in [1.165, 1.54) is 11.3 Å². The number of hydrogen-bond donors (Lipinski definition) is 1. The van der Waals surface area contributed by atoms with Crippen LogP contribution in [0.25, 0.3) is 0 Å². The summed E-state index contributed by atoms with van der Waals surface area (Å²) in [4.78, 5) is 16.9. The van der Waals surface area contributed by atoms with Crippen molar-refractivity contribution in [3.8, 4) is 0 Å². The first-order chi connectivity index (χ1) is 9.92. The molecule has 21 heavy (non-hydrogen) atoms. The van der Waals surface area contributed by atoms with E-state index in [0.29, 0.717) is 17.4 Å². The Bertz CT molecular complexity index is 659. The molecule has 1 N–H and O–H groups in total. The molecule has 0 spiro atoms. The highest BCUT2D eigenvalue weighted by molar-refractivity contribution is 9.10. The number of carbonyl (C=O) groups excluding carboxylic acids is 1. The summed E-state index contributed by atoms with van der Waals surface area (Å²) in [5, 5.41) is 3.94. The first-order valence-corrected chi connectivity index (χ1v) is 8.21. The summed E-state index contributed by atoms with van der Waals surface area (Å²) in [5.74, 6) is -0.373. The lowest BCUT2D eigenvalue weighted by Crippen LogP contribution is -2.06. The quantitative estimate of drug-likeness (QED) is 0.790. The van der Waals surface area contributed by atoms with Crippen molar-refractivity contribution in [2.24, 2.45) is 0 Å². The molecule has 6 heteroatoms. The van der Waals surface area contributed by atoms with Crippen LogP contribution in [0, 0.1) is 20.8 Å².